The van der Waals surface area contributed by atoms with Crippen molar-refractivity contribution in [3.8, 4) is 17.0 Å². The molecule has 0 N–H and O–H groups in total. The number of rotatable bonds is 4. The topological polar surface area (TPSA) is 48.5 Å². The third kappa shape index (κ3) is 2.92. The molecule has 0 saturated carbocycles. The van der Waals surface area contributed by atoms with Crippen LogP contribution >= 0.6 is 0 Å². The standard InChI is InChI=1S/C20H17N3O2/c1-25-17-9-7-16(8-10-17)18-13-19-20(24)22(11-12-23(19)21-18)14-15-5-3-2-4-6-15/h2-13H,14H2,1H3. The molecule has 5 heteroatoms. The number of aromatic nitrogens is 3. The van der Waals surface area contributed by atoms with Gasteiger partial charge in [0.2, 0.25) is 0 Å². The molecule has 0 fully saturated rings. The van der Waals surface area contributed by atoms with Gasteiger partial charge >= 0.3 is 0 Å². The zero-order chi connectivity index (χ0) is 17.2. The van der Waals surface area contributed by atoms with Crippen LogP contribution in [0.1, 0.15) is 5.56 Å². The fourth-order valence-electron chi connectivity index (χ4n) is 2.83. The molecule has 0 aliphatic carbocycles. The highest BCUT2D eigenvalue weighted by Gasteiger charge is 2.09. The minimum Gasteiger partial charge on any atom is -0.497 e. The van der Waals surface area contributed by atoms with E-state index in [2.05, 4.69) is 5.10 Å². The molecule has 0 atom stereocenters. The molecule has 2 heterocycles. The first kappa shape index (κ1) is 15.2. The van der Waals surface area contributed by atoms with Crippen LogP contribution in [-0.4, -0.2) is 21.3 Å². The Morgan fingerprint density at radius 3 is 2.48 bits per heavy atom. The lowest BCUT2D eigenvalue weighted by atomic mass is 10.1. The van der Waals surface area contributed by atoms with Crippen LogP contribution in [0.15, 0.2) is 77.9 Å². The number of benzene rings is 2. The minimum absolute atomic E-state index is 0.0568. The number of fused-ring (bicyclic) bond motifs is 1. The van der Waals surface area contributed by atoms with E-state index in [1.165, 1.54) is 0 Å². The van der Waals surface area contributed by atoms with E-state index in [1.54, 1.807) is 22.4 Å². The maximum atomic E-state index is 12.8. The molecule has 0 bridgehead atoms. The summed E-state index contributed by atoms with van der Waals surface area (Å²) in [6.45, 7) is 0.541. The first-order chi connectivity index (χ1) is 12.2. The van der Waals surface area contributed by atoms with Crippen molar-refractivity contribution in [2.45, 2.75) is 6.54 Å². The highest BCUT2D eigenvalue weighted by molar-refractivity contribution is 5.66. The zero-order valence-corrected chi connectivity index (χ0v) is 13.8. The van der Waals surface area contributed by atoms with Crippen molar-refractivity contribution in [3.05, 3.63) is 89.0 Å². The van der Waals surface area contributed by atoms with E-state index in [0.717, 1.165) is 22.6 Å². The second-order valence-electron chi connectivity index (χ2n) is 5.80. The van der Waals surface area contributed by atoms with Gasteiger partial charge in [0.25, 0.3) is 5.56 Å². The molecular weight excluding hydrogens is 314 g/mol. The van der Waals surface area contributed by atoms with Gasteiger partial charge in [-0.05, 0) is 35.9 Å². The van der Waals surface area contributed by atoms with Gasteiger partial charge in [-0.15, -0.1) is 0 Å². The summed E-state index contributed by atoms with van der Waals surface area (Å²) in [5.41, 5.74) is 3.29. The lowest BCUT2D eigenvalue weighted by Gasteiger charge is -2.05. The monoisotopic (exact) mass is 331 g/mol. The predicted molar refractivity (Wildman–Crippen MR) is 97.0 cm³/mol. The van der Waals surface area contributed by atoms with E-state index in [-0.39, 0.29) is 5.56 Å². The molecule has 0 spiro atoms. The Kier molecular flexibility index (Phi) is 3.82. The molecular formula is C20H17N3O2. The predicted octanol–water partition coefficient (Wildman–Crippen LogP) is 3.22. The lowest BCUT2D eigenvalue weighted by molar-refractivity contribution is 0.415. The van der Waals surface area contributed by atoms with E-state index in [0.29, 0.717) is 12.1 Å². The van der Waals surface area contributed by atoms with E-state index in [1.807, 2.05) is 66.9 Å². The molecule has 5 nitrogen and oxygen atoms in total. The Hall–Kier alpha value is -3.34. The van der Waals surface area contributed by atoms with Crippen LogP contribution in [0.4, 0.5) is 0 Å². The van der Waals surface area contributed by atoms with Crippen LogP contribution in [-0.2, 0) is 6.54 Å². The van der Waals surface area contributed by atoms with Gasteiger partial charge in [-0.1, -0.05) is 30.3 Å². The molecule has 0 radical (unpaired) electrons. The SMILES string of the molecule is COc1ccc(-c2cc3c(=O)n(Cc4ccccc4)ccn3n2)cc1. The fourth-order valence-corrected chi connectivity index (χ4v) is 2.83. The Morgan fingerprint density at radius 1 is 1.00 bits per heavy atom. The lowest BCUT2D eigenvalue weighted by Crippen LogP contribution is -2.21. The first-order valence-electron chi connectivity index (χ1n) is 8.02. The van der Waals surface area contributed by atoms with Crippen LogP contribution in [0.5, 0.6) is 5.75 Å². The van der Waals surface area contributed by atoms with Gasteiger partial charge in [0.15, 0.2) is 0 Å². The molecule has 0 aliphatic heterocycles. The Balaban J connectivity index is 1.73. The average molecular weight is 331 g/mol. The van der Waals surface area contributed by atoms with Crippen molar-refractivity contribution in [1.29, 1.82) is 0 Å². The van der Waals surface area contributed by atoms with Gasteiger partial charge in [-0.2, -0.15) is 5.10 Å². The Morgan fingerprint density at radius 2 is 1.76 bits per heavy atom. The van der Waals surface area contributed by atoms with Crippen molar-refractivity contribution in [3.63, 3.8) is 0 Å². The van der Waals surface area contributed by atoms with Crippen molar-refractivity contribution in [2.75, 3.05) is 7.11 Å². The van der Waals surface area contributed by atoms with E-state index in [4.69, 9.17) is 4.74 Å². The van der Waals surface area contributed by atoms with Crippen molar-refractivity contribution in [1.82, 2.24) is 14.2 Å². The highest BCUT2D eigenvalue weighted by Crippen LogP contribution is 2.21. The van der Waals surface area contributed by atoms with Crippen molar-refractivity contribution >= 4 is 5.52 Å². The zero-order valence-electron chi connectivity index (χ0n) is 13.8. The van der Waals surface area contributed by atoms with Crippen LogP contribution in [0.2, 0.25) is 0 Å². The average Bonchev–Trinajstić information content (AvgIpc) is 3.10. The van der Waals surface area contributed by atoms with Gasteiger partial charge in [0.05, 0.1) is 19.3 Å². The van der Waals surface area contributed by atoms with Gasteiger partial charge in [0.1, 0.15) is 11.3 Å². The molecule has 2 aromatic carbocycles. The Labute approximate surface area is 144 Å². The summed E-state index contributed by atoms with van der Waals surface area (Å²) in [5.74, 6) is 0.790. The van der Waals surface area contributed by atoms with Crippen molar-refractivity contribution in [2.24, 2.45) is 0 Å². The molecule has 4 rings (SSSR count). The maximum Gasteiger partial charge on any atom is 0.276 e. The summed E-state index contributed by atoms with van der Waals surface area (Å²) >= 11 is 0. The van der Waals surface area contributed by atoms with E-state index < -0.39 is 0 Å². The highest BCUT2D eigenvalue weighted by atomic mass is 16.5. The fraction of sp³-hybridized carbons (Fsp3) is 0.100. The second kappa shape index (κ2) is 6.28. The summed E-state index contributed by atoms with van der Waals surface area (Å²) in [6, 6.07) is 19.4. The van der Waals surface area contributed by atoms with E-state index in [9.17, 15) is 4.79 Å². The summed E-state index contributed by atoms with van der Waals surface area (Å²) in [6.07, 6.45) is 3.58. The number of ether oxygens (including phenoxy) is 1. The maximum absolute atomic E-state index is 12.8. The van der Waals surface area contributed by atoms with Crippen LogP contribution in [0.3, 0.4) is 0 Å². The summed E-state index contributed by atoms with van der Waals surface area (Å²) in [4.78, 5) is 12.8. The number of nitrogens with zero attached hydrogens (tertiary/aromatic N) is 3. The normalized spacial score (nSPS) is 10.9. The quantitative estimate of drug-likeness (QED) is 0.577. The van der Waals surface area contributed by atoms with Crippen LogP contribution in [0, 0.1) is 0 Å². The number of hydrogen-bond donors (Lipinski definition) is 0. The van der Waals surface area contributed by atoms with E-state index >= 15 is 0 Å². The second-order valence-corrected chi connectivity index (χ2v) is 5.80. The molecule has 25 heavy (non-hydrogen) atoms. The molecule has 0 saturated heterocycles. The molecule has 0 unspecified atom stereocenters. The molecule has 124 valence electrons. The molecule has 2 aromatic heterocycles. The molecule has 0 aliphatic rings. The molecule has 0 amide bonds. The number of methoxy groups -OCH3 is 1. The smallest absolute Gasteiger partial charge is 0.276 e. The van der Waals surface area contributed by atoms with Crippen LogP contribution < -0.4 is 10.3 Å². The van der Waals surface area contributed by atoms with Gasteiger partial charge < -0.3 is 9.30 Å². The van der Waals surface area contributed by atoms with Gasteiger partial charge in [0, 0.05) is 18.0 Å². The third-order valence-corrected chi connectivity index (χ3v) is 4.19. The summed E-state index contributed by atoms with van der Waals surface area (Å²) in [5, 5.41) is 4.51. The Bertz CT molecular complexity index is 1060. The van der Waals surface area contributed by atoms with Crippen LogP contribution in [0.25, 0.3) is 16.8 Å². The minimum atomic E-state index is -0.0568. The number of hydrogen-bond acceptors (Lipinski definition) is 3. The first-order valence-corrected chi connectivity index (χ1v) is 8.02. The van der Waals surface area contributed by atoms with Gasteiger partial charge in [-0.3, -0.25) is 4.79 Å². The molecule has 4 aromatic rings. The summed E-state index contributed by atoms with van der Waals surface area (Å²) < 4.78 is 8.50. The van der Waals surface area contributed by atoms with Gasteiger partial charge in [-0.25, -0.2) is 4.52 Å². The summed E-state index contributed by atoms with van der Waals surface area (Å²) in [7, 11) is 1.63. The third-order valence-electron chi connectivity index (χ3n) is 4.19. The van der Waals surface area contributed by atoms with Crippen molar-refractivity contribution < 1.29 is 4.74 Å². The largest absolute Gasteiger partial charge is 0.497 e.